The summed E-state index contributed by atoms with van der Waals surface area (Å²) in [5.74, 6) is -1.33. The summed E-state index contributed by atoms with van der Waals surface area (Å²) in [5.41, 5.74) is -0.307. The van der Waals surface area contributed by atoms with Crippen LogP contribution < -0.4 is 10.5 Å². The molecule has 0 aliphatic heterocycles. The Kier molecular flexibility index (Phi) is 4.24. The number of benzene rings is 1. The number of amides is 1. The molecule has 1 amide bonds. The average molecular weight is 341 g/mol. The van der Waals surface area contributed by atoms with Gasteiger partial charge in [-0.15, -0.1) is 0 Å². The Labute approximate surface area is 125 Å². The van der Waals surface area contributed by atoms with Gasteiger partial charge in [0.1, 0.15) is 10.7 Å². The standard InChI is InChI=1S/C11H11Cl2FN2O3S/c12-8-6(11(17)16-4-5-1-2-5)3-7(14)9(13)10(8)20(15,18)19/h3,5H,1-2,4H2,(H,16,17)(H2,15,18,19). The van der Waals surface area contributed by atoms with Gasteiger partial charge in [0.2, 0.25) is 10.0 Å². The molecule has 1 aromatic rings. The Morgan fingerprint density at radius 1 is 1.40 bits per heavy atom. The molecule has 9 heteroatoms. The molecule has 0 spiro atoms. The van der Waals surface area contributed by atoms with Crippen molar-refractivity contribution in [1.82, 2.24) is 5.32 Å². The number of primary sulfonamides is 1. The zero-order valence-electron chi connectivity index (χ0n) is 10.1. The average Bonchev–Trinajstić information content (AvgIpc) is 3.13. The number of rotatable bonds is 4. The van der Waals surface area contributed by atoms with Crippen molar-refractivity contribution in [2.24, 2.45) is 11.1 Å². The highest BCUT2D eigenvalue weighted by atomic mass is 35.5. The minimum atomic E-state index is -4.35. The van der Waals surface area contributed by atoms with Crippen LogP contribution in [0.15, 0.2) is 11.0 Å². The number of sulfonamides is 1. The second kappa shape index (κ2) is 5.48. The Bertz CT molecular complexity index is 675. The minimum Gasteiger partial charge on any atom is -0.352 e. The number of halogens is 3. The third kappa shape index (κ3) is 3.22. The fourth-order valence-electron chi connectivity index (χ4n) is 1.65. The lowest BCUT2D eigenvalue weighted by molar-refractivity contribution is 0.0951. The molecule has 0 unspecified atom stereocenters. The third-order valence-electron chi connectivity index (χ3n) is 2.89. The van der Waals surface area contributed by atoms with Gasteiger partial charge >= 0.3 is 0 Å². The lowest BCUT2D eigenvalue weighted by Gasteiger charge is -2.11. The molecule has 1 fully saturated rings. The maximum atomic E-state index is 13.6. The molecule has 110 valence electrons. The predicted octanol–water partition coefficient (Wildman–Crippen LogP) is 1.92. The summed E-state index contributed by atoms with van der Waals surface area (Å²) >= 11 is 11.4. The highest BCUT2D eigenvalue weighted by Gasteiger charge is 2.28. The number of nitrogens with one attached hydrogen (secondary N) is 1. The van der Waals surface area contributed by atoms with Crippen LogP contribution in [0.25, 0.3) is 0 Å². The van der Waals surface area contributed by atoms with Gasteiger partial charge in [0.25, 0.3) is 5.91 Å². The van der Waals surface area contributed by atoms with Crippen LogP contribution in [0.2, 0.25) is 10.0 Å². The van der Waals surface area contributed by atoms with Crippen LogP contribution in [0, 0.1) is 11.7 Å². The van der Waals surface area contributed by atoms with E-state index in [9.17, 15) is 17.6 Å². The van der Waals surface area contributed by atoms with Crippen LogP contribution in [0.3, 0.4) is 0 Å². The Morgan fingerprint density at radius 2 is 2.00 bits per heavy atom. The third-order valence-corrected chi connectivity index (χ3v) is 4.86. The molecule has 0 aromatic heterocycles. The normalized spacial score (nSPS) is 15.2. The fourth-order valence-corrected chi connectivity index (χ4v) is 3.43. The molecule has 0 bridgehead atoms. The summed E-state index contributed by atoms with van der Waals surface area (Å²) in [7, 11) is -4.35. The Hall–Kier alpha value is -0.890. The van der Waals surface area contributed by atoms with Gasteiger partial charge in [-0.25, -0.2) is 17.9 Å². The van der Waals surface area contributed by atoms with Crippen LogP contribution >= 0.6 is 23.2 Å². The summed E-state index contributed by atoms with van der Waals surface area (Å²) in [4.78, 5) is 11.1. The van der Waals surface area contributed by atoms with Crippen molar-refractivity contribution in [2.45, 2.75) is 17.7 Å². The summed E-state index contributed by atoms with van der Waals surface area (Å²) in [5, 5.41) is 6.29. The maximum absolute atomic E-state index is 13.6. The first-order valence-electron chi connectivity index (χ1n) is 5.70. The highest BCUT2D eigenvalue weighted by molar-refractivity contribution is 7.89. The molecule has 2 rings (SSSR count). The van der Waals surface area contributed by atoms with Crippen molar-refractivity contribution >= 4 is 39.1 Å². The van der Waals surface area contributed by atoms with E-state index in [0.717, 1.165) is 18.9 Å². The predicted molar refractivity (Wildman–Crippen MR) is 72.9 cm³/mol. The maximum Gasteiger partial charge on any atom is 0.252 e. The molecule has 20 heavy (non-hydrogen) atoms. The number of hydrogen-bond donors (Lipinski definition) is 2. The van der Waals surface area contributed by atoms with Crippen LogP contribution in [0.4, 0.5) is 4.39 Å². The number of carbonyl (C=O) groups excluding carboxylic acids is 1. The van der Waals surface area contributed by atoms with E-state index in [4.69, 9.17) is 28.3 Å². The molecule has 0 atom stereocenters. The van der Waals surface area contributed by atoms with Crippen molar-refractivity contribution < 1.29 is 17.6 Å². The molecule has 1 aliphatic carbocycles. The van der Waals surface area contributed by atoms with E-state index < -0.39 is 36.7 Å². The quantitative estimate of drug-likeness (QED) is 0.820. The van der Waals surface area contributed by atoms with E-state index in [1.807, 2.05) is 0 Å². The number of nitrogens with two attached hydrogens (primary N) is 1. The van der Waals surface area contributed by atoms with E-state index in [1.54, 1.807) is 0 Å². The molecular formula is C11H11Cl2FN2O3S. The van der Waals surface area contributed by atoms with E-state index in [0.29, 0.717) is 12.5 Å². The Balaban J connectivity index is 2.43. The van der Waals surface area contributed by atoms with E-state index >= 15 is 0 Å². The topological polar surface area (TPSA) is 89.3 Å². The van der Waals surface area contributed by atoms with Gasteiger partial charge in [0.15, 0.2) is 0 Å². The number of hydrogen-bond acceptors (Lipinski definition) is 3. The first-order valence-corrected chi connectivity index (χ1v) is 8.00. The molecule has 1 aromatic carbocycles. The second-order valence-corrected chi connectivity index (χ2v) is 6.82. The van der Waals surface area contributed by atoms with Gasteiger partial charge in [0.05, 0.1) is 15.6 Å². The van der Waals surface area contributed by atoms with Gasteiger partial charge in [0, 0.05) is 6.54 Å². The molecule has 0 saturated heterocycles. The van der Waals surface area contributed by atoms with Crippen molar-refractivity contribution in [2.75, 3.05) is 6.54 Å². The van der Waals surface area contributed by atoms with Gasteiger partial charge in [-0.3, -0.25) is 4.79 Å². The van der Waals surface area contributed by atoms with Crippen LogP contribution in [0.1, 0.15) is 23.2 Å². The lowest BCUT2D eigenvalue weighted by Crippen LogP contribution is -2.27. The molecule has 0 radical (unpaired) electrons. The second-order valence-electron chi connectivity index (χ2n) is 4.56. The monoisotopic (exact) mass is 340 g/mol. The van der Waals surface area contributed by atoms with Crippen molar-refractivity contribution in [3.63, 3.8) is 0 Å². The summed E-state index contributed by atoms with van der Waals surface area (Å²) in [6.07, 6.45) is 2.04. The highest BCUT2D eigenvalue weighted by Crippen LogP contribution is 2.34. The van der Waals surface area contributed by atoms with E-state index in [-0.39, 0.29) is 5.56 Å². The largest absolute Gasteiger partial charge is 0.352 e. The SMILES string of the molecule is NS(=O)(=O)c1c(Cl)c(F)cc(C(=O)NCC2CC2)c1Cl. The summed E-state index contributed by atoms with van der Waals surface area (Å²) < 4.78 is 36.4. The summed E-state index contributed by atoms with van der Waals surface area (Å²) in [6.45, 7) is 0.435. The van der Waals surface area contributed by atoms with Crippen LogP contribution in [-0.2, 0) is 10.0 Å². The lowest BCUT2D eigenvalue weighted by atomic mass is 10.2. The van der Waals surface area contributed by atoms with Gasteiger partial charge in [-0.1, -0.05) is 23.2 Å². The van der Waals surface area contributed by atoms with Gasteiger partial charge in [-0.2, -0.15) is 0 Å². The minimum absolute atomic E-state index is 0.307. The van der Waals surface area contributed by atoms with Crippen LogP contribution in [0.5, 0.6) is 0 Å². The molecule has 5 nitrogen and oxygen atoms in total. The van der Waals surface area contributed by atoms with Crippen molar-refractivity contribution in [3.05, 3.63) is 27.5 Å². The smallest absolute Gasteiger partial charge is 0.252 e. The first kappa shape index (κ1) is 15.5. The van der Waals surface area contributed by atoms with Crippen molar-refractivity contribution in [1.29, 1.82) is 0 Å². The zero-order valence-corrected chi connectivity index (χ0v) is 12.4. The molecule has 3 N–H and O–H groups in total. The molecular weight excluding hydrogens is 330 g/mol. The molecule has 1 saturated carbocycles. The van der Waals surface area contributed by atoms with E-state index in [1.165, 1.54) is 0 Å². The molecule has 1 aliphatic rings. The van der Waals surface area contributed by atoms with Crippen molar-refractivity contribution in [3.8, 4) is 0 Å². The number of carbonyl (C=O) groups is 1. The van der Waals surface area contributed by atoms with E-state index in [2.05, 4.69) is 5.32 Å². The first-order chi connectivity index (χ1) is 9.21. The Morgan fingerprint density at radius 3 is 2.50 bits per heavy atom. The van der Waals surface area contributed by atoms with Gasteiger partial charge in [-0.05, 0) is 24.8 Å². The van der Waals surface area contributed by atoms with Crippen LogP contribution in [-0.4, -0.2) is 20.9 Å². The fraction of sp³-hybridized carbons (Fsp3) is 0.364. The molecule has 0 heterocycles. The van der Waals surface area contributed by atoms with Gasteiger partial charge < -0.3 is 5.32 Å². The summed E-state index contributed by atoms with van der Waals surface area (Å²) in [6, 6.07) is 0.793. The zero-order chi connectivity index (χ0) is 15.1.